The second-order valence-electron chi connectivity index (χ2n) is 5.18. The van der Waals surface area contributed by atoms with Crippen LogP contribution in [0.15, 0.2) is 47.5 Å². The molecule has 0 amide bonds. The van der Waals surface area contributed by atoms with E-state index in [4.69, 9.17) is 28.9 Å². The topological polar surface area (TPSA) is 52.9 Å². The first-order valence-electron chi connectivity index (χ1n) is 7.09. The predicted octanol–water partition coefficient (Wildman–Crippen LogP) is 3.55. The van der Waals surface area contributed by atoms with Gasteiger partial charge in [-0.3, -0.25) is 9.79 Å². The first kappa shape index (κ1) is 16.5. The van der Waals surface area contributed by atoms with Gasteiger partial charge in [0.05, 0.1) is 17.9 Å². The monoisotopic (exact) mass is 362 g/mol. The fraction of sp³-hybridized carbons (Fsp3) is 0.118. The van der Waals surface area contributed by atoms with Gasteiger partial charge in [-0.15, -0.1) is 0 Å². The lowest BCUT2D eigenvalue weighted by atomic mass is 9.99. The molecule has 0 saturated heterocycles. The van der Waals surface area contributed by atoms with Crippen LogP contribution >= 0.6 is 23.8 Å². The fourth-order valence-electron chi connectivity index (χ4n) is 2.58. The zero-order valence-electron chi connectivity index (χ0n) is 12.4. The molecule has 2 aromatic carbocycles. The van der Waals surface area contributed by atoms with Crippen LogP contribution < -0.4 is 4.90 Å². The number of halogens is 2. The van der Waals surface area contributed by atoms with Gasteiger partial charge in [-0.1, -0.05) is 36.0 Å². The van der Waals surface area contributed by atoms with Gasteiger partial charge in [-0.05, 0) is 30.3 Å². The van der Waals surface area contributed by atoms with Crippen LogP contribution in [0.25, 0.3) is 0 Å². The Hall–Kier alpha value is -2.31. The molecule has 0 bridgehead atoms. The molecule has 0 aliphatic carbocycles. The normalized spacial score (nSPS) is 14.0. The largest absolute Gasteiger partial charge is 0.480 e. The number of aliphatic carboxylic acids is 1. The number of nitrogens with zero attached hydrogens (tertiary/aromatic N) is 2. The van der Waals surface area contributed by atoms with Crippen molar-refractivity contribution < 1.29 is 14.3 Å². The zero-order chi connectivity index (χ0) is 17.3. The van der Waals surface area contributed by atoms with Gasteiger partial charge in [0.15, 0.2) is 0 Å². The maximum Gasteiger partial charge on any atom is 0.323 e. The van der Waals surface area contributed by atoms with Gasteiger partial charge in [-0.2, -0.15) is 0 Å². The third-order valence-corrected chi connectivity index (χ3v) is 4.18. The zero-order valence-corrected chi connectivity index (χ0v) is 13.9. The average molecular weight is 363 g/mol. The Labute approximate surface area is 148 Å². The van der Waals surface area contributed by atoms with Gasteiger partial charge in [0.2, 0.25) is 0 Å². The van der Waals surface area contributed by atoms with Gasteiger partial charge in [0.25, 0.3) is 0 Å². The molecule has 0 spiro atoms. The summed E-state index contributed by atoms with van der Waals surface area (Å²) in [4.78, 5) is 17.4. The lowest BCUT2D eigenvalue weighted by Gasteiger charge is -2.23. The minimum Gasteiger partial charge on any atom is -0.480 e. The minimum absolute atomic E-state index is 0.0958. The van der Waals surface area contributed by atoms with E-state index in [0.717, 1.165) is 0 Å². The SMILES string of the molecule is O=C(O)CN1C(=S)CN=C(c2ccccc2F)c2cc(Cl)ccc21. The second-order valence-corrected chi connectivity index (χ2v) is 6.09. The molecule has 0 fully saturated rings. The maximum absolute atomic E-state index is 14.3. The van der Waals surface area contributed by atoms with Crippen molar-refractivity contribution in [1.29, 1.82) is 0 Å². The Kier molecular flexibility index (Phi) is 4.59. The summed E-state index contributed by atoms with van der Waals surface area (Å²) in [6, 6.07) is 11.2. The molecule has 0 unspecified atom stereocenters. The summed E-state index contributed by atoms with van der Waals surface area (Å²) in [6.07, 6.45) is 0. The van der Waals surface area contributed by atoms with Crippen molar-refractivity contribution >= 4 is 46.2 Å². The quantitative estimate of drug-likeness (QED) is 0.848. The molecule has 1 N–H and O–H groups in total. The highest BCUT2D eigenvalue weighted by Crippen LogP contribution is 2.30. The molecular formula is C17H12ClFN2O2S. The Balaban J connectivity index is 2.21. The molecule has 0 radical (unpaired) electrons. The van der Waals surface area contributed by atoms with Crippen molar-refractivity contribution in [2.24, 2.45) is 4.99 Å². The summed E-state index contributed by atoms with van der Waals surface area (Å²) in [5.41, 5.74) is 1.82. The van der Waals surface area contributed by atoms with Gasteiger partial charge < -0.3 is 10.0 Å². The number of benzodiazepines with no additional fused rings is 1. The molecule has 122 valence electrons. The molecular weight excluding hydrogens is 351 g/mol. The van der Waals surface area contributed by atoms with Crippen molar-refractivity contribution in [3.8, 4) is 0 Å². The summed E-state index contributed by atoms with van der Waals surface area (Å²) in [5.74, 6) is -1.44. The first-order chi connectivity index (χ1) is 11.5. The van der Waals surface area contributed by atoms with E-state index in [1.807, 2.05) is 0 Å². The van der Waals surface area contributed by atoms with Gasteiger partial charge in [0.1, 0.15) is 17.4 Å². The molecule has 0 aromatic heterocycles. The van der Waals surface area contributed by atoms with Crippen LogP contribution in [0.5, 0.6) is 0 Å². The fourth-order valence-corrected chi connectivity index (χ4v) is 2.98. The second kappa shape index (κ2) is 6.67. The van der Waals surface area contributed by atoms with Crippen LogP contribution in [0.1, 0.15) is 11.1 Å². The molecule has 4 nitrogen and oxygen atoms in total. The third-order valence-electron chi connectivity index (χ3n) is 3.60. The number of benzene rings is 2. The Bertz CT molecular complexity index is 869. The standard InChI is InChI=1S/C17H12ClFN2O2S/c18-10-5-6-14-12(7-10)17(11-3-1-2-4-13(11)19)20-8-15(24)21(14)9-16(22)23/h1-7H,8-9H2,(H,22,23). The Morgan fingerprint density at radius 2 is 2.04 bits per heavy atom. The smallest absolute Gasteiger partial charge is 0.323 e. The van der Waals surface area contributed by atoms with Crippen LogP contribution in [0.2, 0.25) is 5.02 Å². The molecule has 1 heterocycles. The van der Waals surface area contributed by atoms with E-state index in [0.29, 0.717) is 32.5 Å². The highest BCUT2D eigenvalue weighted by molar-refractivity contribution is 7.80. The summed E-state index contributed by atoms with van der Waals surface area (Å²) in [7, 11) is 0. The number of hydrogen-bond acceptors (Lipinski definition) is 3. The van der Waals surface area contributed by atoms with Crippen LogP contribution in [-0.2, 0) is 4.79 Å². The molecule has 1 aliphatic heterocycles. The predicted molar refractivity (Wildman–Crippen MR) is 95.9 cm³/mol. The molecule has 3 rings (SSSR count). The highest BCUT2D eigenvalue weighted by Gasteiger charge is 2.25. The van der Waals surface area contributed by atoms with E-state index in [1.165, 1.54) is 11.0 Å². The lowest BCUT2D eigenvalue weighted by Crippen LogP contribution is -2.35. The number of hydrogen-bond donors (Lipinski definition) is 1. The summed E-state index contributed by atoms with van der Waals surface area (Å²) >= 11 is 11.4. The van der Waals surface area contributed by atoms with E-state index in [-0.39, 0.29) is 13.1 Å². The van der Waals surface area contributed by atoms with Crippen LogP contribution in [0.3, 0.4) is 0 Å². The number of fused-ring (bicyclic) bond motifs is 1. The molecule has 2 aromatic rings. The minimum atomic E-state index is -1.02. The van der Waals surface area contributed by atoms with E-state index >= 15 is 0 Å². The molecule has 0 atom stereocenters. The molecule has 24 heavy (non-hydrogen) atoms. The van der Waals surface area contributed by atoms with Crippen LogP contribution in [0.4, 0.5) is 10.1 Å². The van der Waals surface area contributed by atoms with E-state index in [2.05, 4.69) is 4.99 Å². The summed E-state index contributed by atoms with van der Waals surface area (Å²) in [5, 5.41) is 9.60. The first-order valence-corrected chi connectivity index (χ1v) is 7.87. The summed E-state index contributed by atoms with van der Waals surface area (Å²) in [6.45, 7) is -0.202. The number of anilines is 1. The van der Waals surface area contributed by atoms with Crippen LogP contribution in [0, 0.1) is 5.82 Å². The maximum atomic E-state index is 14.3. The van der Waals surface area contributed by atoms with Crippen molar-refractivity contribution in [2.75, 3.05) is 18.0 Å². The van der Waals surface area contributed by atoms with Crippen molar-refractivity contribution in [3.05, 3.63) is 64.4 Å². The summed E-state index contributed by atoms with van der Waals surface area (Å²) < 4.78 is 14.3. The number of carbonyl (C=O) groups is 1. The van der Waals surface area contributed by atoms with Gasteiger partial charge >= 0.3 is 5.97 Å². The van der Waals surface area contributed by atoms with Crippen molar-refractivity contribution in [2.45, 2.75) is 0 Å². The number of carboxylic acid groups (broad SMARTS) is 1. The van der Waals surface area contributed by atoms with E-state index in [9.17, 15) is 9.18 Å². The average Bonchev–Trinajstić information content (AvgIpc) is 2.66. The number of carboxylic acids is 1. The van der Waals surface area contributed by atoms with Gasteiger partial charge in [0, 0.05) is 16.1 Å². The van der Waals surface area contributed by atoms with Gasteiger partial charge in [-0.25, -0.2) is 4.39 Å². The lowest BCUT2D eigenvalue weighted by molar-refractivity contribution is -0.135. The number of rotatable bonds is 3. The van der Waals surface area contributed by atoms with E-state index < -0.39 is 11.8 Å². The number of thiocarbonyl (C=S) groups is 1. The highest BCUT2D eigenvalue weighted by atomic mass is 35.5. The Morgan fingerprint density at radius 3 is 2.75 bits per heavy atom. The Morgan fingerprint density at radius 1 is 1.29 bits per heavy atom. The van der Waals surface area contributed by atoms with E-state index in [1.54, 1.807) is 36.4 Å². The number of aliphatic imine (C=N–C) groups is 1. The molecule has 7 heteroatoms. The van der Waals surface area contributed by atoms with Crippen molar-refractivity contribution in [1.82, 2.24) is 0 Å². The molecule has 0 saturated carbocycles. The van der Waals surface area contributed by atoms with Crippen molar-refractivity contribution in [3.63, 3.8) is 0 Å². The third kappa shape index (κ3) is 3.16. The van der Waals surface area contributed by atoms with Crippen LogP contribution in [-0.4, -0.2) is 34.9 Å². The molecule has 1 aliphatic rings.